The molecule has 0 aliphatic carbocycles. The van der Waals surface area contributed by atoms with Crippen molar-refractivity contribution in [1.82, 2.24) is 19.6 Å². The second-order valence-corrected chi connectivity index (χ2v) is 8.98. The summed E-state index contributed by atoms with van der Waals surface area (Å²) in [5.41, 5.74) is -0.00232. The fraction of sp³-hybridized carbons (Fsp3) is 0.368. The number of rotatable bonds is 3. The number of aromatic nitrogens is 2. The third-order valence-corrected chi connectivity index (χ3v) is 6.84. The van der Waals surface area contributed by atoms with E-state index in [0.717, 1.165) is 16.9 Å². The molecule has 1 saturated heterocycles. The molecule has 0 atom stereocenters. The Kier molecular flexibility index (Phi) is 5.73. The molecule has 11 heteroatoms. The van der Waals surface area contributed by atoms with E-state index in [9.17, 15) is 18.0 Å². The highest BCUT2D eigenvalue weighted by Crippen LogP contribution is 2.37. The first-order valence-corrected chi connectivity index (χ1v) is 10.7. The summed E-state index contributed by atoms with van der Waals surface area (Å²) in [4.78, 5) is 17.3. The molecule has 0 N–H and O–H groups in total. The van der Waals surface area contributed by atoms with Crippen LogP contribution in [0.3, 0.4) is 0 Å². The number of thiophene rings is 1. The van der Waals surface area contributed by atoms with Crippen molar-refractivity contribution in [1.29, 1.82) is 0 Å². The lowest BCUT2D eigenvalue weighted by Gasteiger charge is -2.34. The van der Waals surface area contributed by atoms with Crippen molar-refractivity contribution >= 4 is 50.7 Å². The van der Waals surface area contributed by atoms with Gasteiger partial charge in [-0.25, -0.2) is 0 Å². The Morgan fingerprint density at radius 2 is 1.87 bits per heavy atom. The summed E-state index contributed by atoms with van der Waals surface area (Å²) in [5, 5.41) is 4.69. The minimum atomic E-state index is -4.56. The van der Waals surface area contributed by atoms with E-state index >= 15 is 0 Å². The molecule has 3 aromatic rings. The summed E-state index contributed by atoms with van der Waals surface area (Å²) in [7, 11) is 1.45. The van der Waals surface area contributed by atoms with Crippen LogP contribution in [0.15, 0.2) is 24.3 Å². The van der Waals surface area contributed by atoms with Crippen molar-refractivity contribution < 1.29 is 18.0 Å². The van der Waals surface area contributed by atoms with Crippen LogP contribution in [0.25, 0.3) is 10.2 Å². The van der Waals surface area contributed by atoms with Gasteiger partial charge in [0.2, 0.25) is 0 Å². The van der Waals surface area contributed by atoms with Crippen molar-refractivity contribution in [2.75, 3.05) is 26.2 Å². The maximum Gasteiger partial charge on any atom is 0.435 e. The minimum Gasteiger partial charge on any atom is -0.335 e. The summed E-state index contributed by atoms with van der Waals surface area (Å²) in [6.07, 6.45) is -4.56. The SMILES string of the molecule is Cn1nc(C(F)(F)F)c2cc(C(=O)N3CCN(Cc4ccc(Cl)cc4Cl)CC3)sc21. The largest absolute Gasteiger partial charge is 0.435 e. The quantitative estimate of drug-likeness (QED) is 0.538. The molecule has 1 aliphatic heterocycles. The average molecular weight is 477 g/mol. The van der Waals surface area contributed by atoms with Gasteiger partial charge in [-0.3, -0.25) is 14.4 Å². The highest BCUT2D eigenvalue weighted by Gasteiger charge is 2.38. The average Bonchev–Trinajstić information content (AvgIpc) is 3.24. The molecule has 0 bridgehead atoms. The summed E-state index contributed by atoms with van der Waals surface area (Å²) < 4.78 is 40.7. The monoisotopic (exact) mass is 476 g/mol. The van der Waals surface area contributed by atoms with E-state index in [2.05, 4.69) is 10.00 Å². The maximum atomic E-state index is 13.2. The number of fused-ring (bicyclic) bond motifs is 1. The van der Waals surface area contributed by atoms with Crippen molar-refractivity contribution in [2.45, 2.75) is 12.7 Å². The first-order chi connectivity index (χ1) is 14.1. The predicted molar refractivity (Wildman–Crippen MR) is 111 cm³/mol. The first-order valence-electron chi connectivity index (χ1n) is 9.13. The van der Waals surface area contributed by atoms with Gasteiger partial charge < -0.3 is 4.90 Å². The van der Waals surface area contributed by atoms with Crippen molar-refractivity contribution in [3.05, 3.63) is 50.4 Å². The smallest absolute Gasteiger partial charge is 0.335 e. The zero-order chi connectivity index (χ0) is 21.6. The number of carbonyl (C=O) groups excluding carboxylic acids is 1. The molecule has 30 heavy (non-hydrogen) atoms. The highest BCUT2D eigenvalue weighted by atomic mass is 35.5. The summed E-state index contributed by atoms with van der Waals surface area (Å²) in [6, 6.07) is 6.67. The number of alkyl halides is 3. The molecular formula is C19H17Cl2F3N4OS. The van der Waals surface area contributed by atoms with Gasteiger partial charge in [-0.2, -0.15) is 18.3 Å². The van der Waals surface area contributed by atoms with Gasteiger partial charge in [-0.15, -0.1) is 11.3 Å². The van der Waals surface area contributed by atoms with Gasteiger partial charge in [0.05, 0.1) is 4.88 Å². The molecule has 1 fully saturated rings. The summed E-state index contributed by atoms with van der Waals surface area (Å²) in [5.74, 6) is -0.256. The van der Waals surface area contributed by atoms with E-state index in [1.165, 1.54) is 17.8 Å². The van der Waals surface area contributed by atoms with E-state index in [0.29, 0.717) is 47.6 Å². The number of piperazine rings is 1. The molecule has 0 saturated carbocycles. The third-order valence-electron chi connectivity index (χ3n) is 5.06. The van der Waals surface area contributed by atoms with Gasteiger partial charge >= 0.3 is 6.18 Å². The molecule has 1 aliphatic rings. The Balaban J connectivity index is 1.44. The highest BCUT2D eigenvalue weighted by molar-refractivity contribution is 7.20. The first kappa shape index (κ1) is 21.4. The Bertz CT molecular complexity index is 1100. The molecule has 2 aromatic heterocycles. The Morgan fingerprint density at radius 3 is 2.50 bits per heavy atom. The van der Waals surface area contributed by atoms with Crippen LogP contribution >= 0.6 is 34.5 Å². The van der Waals surface area contributed by atoms with E-state index in [-0.39, 0.29) is 16.2 Å². The number of amides is 1. The summed E-state index contributed by atoms with van der Waals surface area (Å²) >= 11 is 13.2. The van der Waals surface area contributed by atoms with Crippen LogP contribution in [0.4, 0.5) is 13.2 Å². The van der Waals surface area contributed by atoms with Gasteiger partial charge in [0.25, 0.3) is 5.91 Å². The van der Waals surface area contributed by atoms with E-state index in [1.807, 2.05) is 6.07 Å². The van der Waals surface area contributed by atoms with Crippen LogP contribution in [0.2, 0.25) is 10.0 Å². The van der Waals surface area contributed by atoms with Crippen LogP contribution in [0.1, 0.15) is 20.9 Å². The molecule has 0 radical (unpaired) electrons. The summed E-state index contributed by atoms with van der Waals surface area (Å²) in [6.45, 7) is 2.91. The van der Waals surface area contributed by atoms with Crippen LogP contribution in [0, 0.1) is 0 Å². The zero-order valence-electron chi connectivity index (χ0n) is 15.8. The van der Waals surface area contributed by atoms with Gasteiger partial charge in [-0.1, -0.05) is 29.3 Å². The molecule has 0 spiro atoms. The Hall–Kier alpha value is -1.81. The molecule has 3 heterocycles. The number of aryl methyl sites for hydroxylation is 1. The van der Waals surface area contributed by atoms with Gasteiger partial charge in [0.1, 0.15) is 4.83 Å². The Morgan fingerprint density at radius 1 is 1.17 bits per heavy atom. The topological polar surface area (TPSA) is 41.4 Å². The molecule has 160 valence electrons. The Labute approximate surface area is 184 Å². The van der Waals surface area contributed by atoms with Crippen LogP contribution < -0.4 is 0 Å². The number of carbonyl (C=O) groups is 1. The molecule has 1 amide bonds. The second kappa shape index (κ2) is 8.03. The zero-order valence-corrected chi connectivity index (χ0v) is 18.2. The molecule has 0 unspecified atom stereocenters. The molecule has 1 aromatic carbocycles. The minimum absolute atomic E-state index is 0.0330. The van der Waals surface area contributed by atoms with Crippen LogP contribution in [0.5, 0.6) is 0 Å². The number of halogens is 5. The maximum absolute atomic E-state index is 13.2. The fourth-order valence-corrected chi connectivity index (χ4v) is 5.02. The normalized spacial score (nSPS) is 15.9. The number of benzene rings is 1. The lowest BCUT2D eigenvalue weighted by molar-refractivity contribution is -0.140. The number of hydrogen-bond donors (Lipinski definition) is 0. The third kappa shape index (κ3) is 4.16. The van der Waals surface area contributed by atoms with Crippen LogP contribution in [-0.2, 0) is 19.8 Å². The van der Waals surface area contributed by atoms with Crippen LogP contribution in [-0.4, -0.2) is 51.7 Å². The molecular weight excluding hydrogens is 460 g/mol. The number of nitrogens with zero attached hydrogens (tertiary/aromatic N) is 4. The van der Waals surface area contributed by atoms with Crippen molar-refractivity contribution in [3.63, 3.8) is 0 Å². The van der Waals surface area contributed by atoms with Crippen molar-refractivity contribution in [2.24, 2.45) is 7.05 Å². The number of hydrogen-bond acceptors (Lipinski definition) is 4. The fourth-order valence-electron chi connectivity index (χ4n) is 3.51. The van der Waals surface area contributed by atoms with E-state index in [1.54, 1.807) is 17.0 Å². The standard InChI is InChI=1S/C19H17Cl2F3N4OS/c1-26-18-13(16(25-26)19(22,23)24)9-15(30-18)17(29)28-6-4-27(5-7-28)10-11-2-3-12(20)8-14(11)21/h2-3,8-9H,4-7,10H2,1H3. The lowest BCUT2D eigenvalue weighted by Crippen LogP contribution is -2.48. The van der Waals surface area contributed by atoms with Gasteiger partial charge in [0.15, 0.2) is 5.69 Å². The second-order valence-electron chi connectivity index (χ2n) is 7.10. The van der Waals surface area contributed by atoms with Crippen molar-refractivity contribution in [3.8, 4) is 0 Å². The lowest BCUT2D eigenvalue weighted by atomic mass is 10.2. The molecule has 5 nitrogen and oxygen atoms in total. The van der Waals surface area contributed by atoms with Gasteiger partial charge in [0, 0.05) is 55.2 Å². The van der Waals surface area contributed by atoms with E-state index in [4.69, 9.17) is 23.2 Å². The molecule has 4 rings (SSSR count). The van der Waals surface area contributed by atoms with E-state index < -0.39 is 11.9 Å². The predicted octanol–water partition coefficient (Wildman–Crippen LogP) is 4.92. The van der Waals surface area contributed by atoms with Gasteiger partial charge in [-0.05, 0) is 23.8 Å².